The van der Waals surface area contributed by atoms with E-state index in [0.29, 0.717) is 42.1 Å². The average molecular weight is 422 g/mol. The van der Waals surface area contributed by atoms with Crippen LogP contribution >= 0.6 is 58.2 Å². The van der Waals surface area contributed by atoms with Gasteiger partial charge >= 0.3 is 0 Å². The first kappa shape index (κ1) is 17.7. The number of nitrogens with zero attached hydrogens (tertiary/aromatic N) is 1. The zero-order valence-electron chi connectivity index (χ0n) is 11.8. The number of aromatic nitrogens is 1. The lowest BCUT2D eigenvalue weighted by Crippen LogP contribution is -2.14. The van der Waals surface area contributed by atoms with Crippen molar-refractivity contribution in [2.75, 3.05) is 11.1 Å². The number of fused-ring (bicyclic) bond motifs is 1. The van der Waals surface area contributed by atoms with Crippen LogP contribution in [0.3, 0.4) is 0 Å². The van der Waals surface area contributed by atoms with E-state index in [1.807, 2.05) is 0 Å². The number of rotatable bonds is 4. The Morgan fingerprint density at radius 3 is 2.62 bits per heavy atom. The number of amides is 1. The Bertz CT molecular complexity index is 929. The molecule has 0 saturated heterocycles. The second-order valence-corrected chi connectivity index (χ2v) is 7.26. The molecule has 1 N–H and O–H groups in total. The van der Waals surface area contributed by atoms with Crippen LogP contribution in [0.5, 0.6) is 0 Å². The minimum atomic E-state index is -0.277. The average Bonchev–Trinajstić information content (AvgIpc) is 2.92. The van der Waals surface area contributed by atoms with Crippen molar-refractivity contribution in [3.63, 3.8) is 0 Å². The highest BCUT2D eigenvalue weighted by molar-refractivity contribution is 7.99. The Kier molecular flexibility index (Phi) is 5.47. The van der Waals surface area contributed by atoms with E-state index in [1.165, 1.54) is 12.1 Å². The summed E-state index contributed by atoms with van der Waals surface area (Å²) in [4.78, 5) is 16.3. The molecule has 1 heterocycles. The number of thioether (sulfide) groups is 1. The molecule has 0 radical (unpaired) electrons. The lowest BCUT2D eigenvalue weighted by Gasteiger charge is -2.08. The Balaban J connectivity index is 1.65. The standard InChI is InChI=1S/C15H8Cl4N2O2S/c16-7-1-2-13-12(3-7)21-15(23-13)24-6-14(22)20-11-5-9(18)8(17)4-10(11)19/h1-5H,6H2,(H,20,22). The molecule has 0 atom stereocenters. The van der Waals surface area contributed by atoms with Gasteiger partial charge in [0.2, 0.25) is 5.91 Å². The summed E-state index contributed by atoms with van der Waals surface area (Å²) < 4.78 is 5.53. The van der Waals surface area contributed by atoms with Gasteiger partial charge in [-0.2, -0.15) is 0 Å². The van der Waals surface area contributed by atoms with Crippen LogP contribution in [0.25, 0.3) is 11.1 Å². The fraction of sp³-hybridized carbons (Fsp3) is 0.0667. The van der Waals surface area contributed by atoms with Crippen LogP contribution in [0, 0.1) is 0 Å². The second kappa shape index (κ2) is 7.42. The van der Waals surface area contributed by atoms with Crippen molar-refractivity contribution in [1.29, 1.82) is 0 Å². The summed E-state index contributed by atoms with van der Waals surface area (Å²) in [6, 6.07) is 8.10. The largest absolute Gasteiger partial charge is 0.431 e. The third-order valence-corrected chi connectivity index (χ3v) is 5.04. The summed E-state index contributed by atoms with van der Waals surface area (Å²) in [7, 11) is 0. The maximum atomic E-state index is 12.0. The van der Waals surface area contributed by atoms with Gasteiger partial charge in [0.15, 0.2) is 5.58 Å². The van der Waals surface area contributed by atoms with E-state index < -0.39 is 0 Å². The molecule has 3 aromatic rings. The van der Waals surface area contributed by atoms with Gasteiger partial charge in [-0.25, -0.2) is 4.98 Å². The molecule has 0 aliphatic heterocycles. The smallest absolute Gasteiger partial charge is 0.257 e. The van der Waals surface area contributed by atoms with Crippen molar-refractivity contribution in [3.05, 3.63) is 50.4 Å². The molecule has 124 valence electrons. The van der Waals surface area contributed by atoms with Crippen LogP contribution in [-0.4, -0.2) is 16.6 Å². The van der Waals surface area contributed by atoms with Crippen LogP contribution < -0.4 is 5.32 Å². The summed E-state index contributed by atoms with van der Waals surface area (Å²) in [6.45, 7) is 0. The molecule has 2 aromatic carbocycles. The fourth-order valence-corrected chi connectivity index (χ4v) is 3.27. The van der Waals surface area contributed by atoms with Gasteiger partial charge in [0.05, 0.1) is 26.5 Å². The number of hydrogen-bond acceptors (Lipinski definition) is 4. The molecule has 3 rings (SSSR count). The summed E-state index contributed by atoms with van der Waals surface area (Å²) >= 11 is 24.8. The summed E-state index contributed by atoms with van der Waals surface area (Å²) in [5, 5.41) is 4.54. The van der Waals surface area contributed by atoms with Crippen molar-refractivity contribution in [1.82, 2.24) is 4.98 Å². The first-order valence-electron chi connectivity index (χ1n) is 6.55. The molecular formula is C15H8Cl4N2O2S. The molecule has 1 amide bonds. The zero-order chi connectivity index (χ0) is 17.3. The molecule has 0 unspecified atom stereocenters. The van der Waals surface area contributed by atoms with Gasteiger partial charge in [0, 0.05) is 5.02 Å². The van der Waals surface area contributed by atoms with Crippen molar-refractivity contribution < 1.29 is 9.21 Å². The molecule has 0 saturated carbocycles. The summed E-state index contributed by atoms with van der Waals surface area (Å²) in [6.07, 6.45) is 0. The maximum Gasteiger partial charge on any atom is 0.257 e. The Hall–Kier alpha value is -1.11. The quantitative estimate of drug-likeness (QED) is 0.404. The molecule has 0 bridgehead atoms. The molecule has 0 aliphatic rings. The fourth-order valence-electron chi connectivity index (χ4n) is 1.87. The number of hydrogen-bond donors (Lipinski definition) is 1. The van der Waals surface area contributed by atoms with E-state index in [-0.39, 0.29) is 11.7 Å². The molecule has 0 aliphatic carbocycles. The van der Waals surface area contributed by atoms with Gasteiger partial charge < -0.3 is 9.73 Å². The topological polar surface area (TPSA) is 55.1 Å². The van der Waals surface area contributed by atoms with Gasteiger partial charge in [-0.1, -0.05) is 58.2 Å². The normalized spacial score (nSPS) is 11.0. The van der Waals surface area contributed by atoms with Crippen molar-refractivity contribution in [3.8, 4) is 0 Å². The van der Waals surface area contributed by atoms with Crippen molar-refractivity contribution in [2.24, 2.45) is 0 Å². The van der Waals surface area contributed by atoms with Crippen molar-refractivity contribution in [2.45, 2.75) is 5.22 Å². The Morgan fingerprint density at radius 2 is 1.83 bits per heavy atom. The van der Waals surface area contributed by atoms with E-state index >= 15 is 0 Å². The van der Waals surface area contributed by atoms with Gasteiger partial charge in [0.25, 0.3) is 5.22 Å². The molecule has 24 heavy (non-hydrogen) atoms. The minimum Gasteiger partial charge on any atom is -0.431 e. The Morgan fingerprint density at radius 1 is 1.08 bits per heavy atom. The predicted octanol–water partition coefficient (Wildman–Crippen LogP) is 6.17. The van der Waals surface area contributed by atoms with Crippen LogP contribution in [0.2, 0.25) is 20.1 Å². The lowest BCUT2D eigenvalue weighted by atomic mass is 10.3. The molecule has 9 heteroatoms. The van der Waals surface area contributed by atoms with E-state index in [2.05, 4.69) is 10.3 Å². The molecule has 4 nitrogen and oxygen atoms in total. The molecule has 0 spiro atoms. The van der Waals surface area contributed by atoms with Gasteiger partial charge in [0.1, 0.15) is 5.52 Å². The van der Waals surface area contributed by atoms with Gasteiger partial charge in [-0.3, -0.25) is 4.79 Å². The van der Waals surface area contributed by atoms with E-state index in [0.717, 1.165) is 11.8 Å². The van der Waals surface area contributed by atoms with Crippen LogP contribution in [0.4, 0.5) is 5.69 Å². The predicted molar refractivity (Wildman–Crippen MR) is 99.8 cm³/mol. The monoisotopic (exact) mass is 420 g/mol. The highest BCUT2D eigenvalue weighted by Crippen LogP contribution is 2.32. The van der Waals surface area contributed by atoms with Crippen molar-refractivity contribution >= 4 is 80.9 Å². The second-order valence-electron chi connectivity index (χ2n) is 4.67. The van der Waals surface area contributed by atoms with E-state index in [1.54, 1.807) is 18.2 Å². The van der Waals surface area contributed by atoms with Crippen LogP contribution in [0.1, 0.15) is 0 Å². The number of nitrogens with one attached hydrogen (secondary N) is 1. The summed E-state index contributed by atoms with van der Waals surface area (Å²) in [5.74, 6) is -0.183. The SMILES string of the molecule is O=C(CSc1nc2cc(Cl)ccc2o1)Nc1cc(Cl)c(Cl)cc1Cl. The molecule has 0 fully saturated rings. The van der Waals surface area contributed by atoms with Gasteiger partial charge in [-0.15, -0.1) is 0 Å². The van der Waals surface area contributed by atoms with Crippen LogP contribution in [-0.2, 0) is 4.79 Å². The van der Waals surface area contributed by atoms with Crippen LogP contribution in [0.15, 0.2) is 40.0 Å². The zero-order valence-corrected chi connectivity index (χ0v) is 15.6. The first-order chi connectivity index (χ1) is 11.4. The number of carbonyl (C=O) groups is 1. The van der Waals surface area contributed by atoms with E-state index in [4.69, 9.17) is 50.8 Å². The first-order valence-corrected chi connectivity index (χ1v) is 9.05. The maximum absolute atomic E-state index is 12.0. The number of anilines is 1. The third kappa shape index (κ3) is 4.10. The Labute approximate surface area is 161 Å². The number of halogens is 4. The lowest BCUT2D eigenvalue weighted by molar-refractivity contribution is -0.113. The van der Waals surface area contributed by atoms with Gasteiger partial charge in [-0.05, 0) is 30.3 Å². The number of benzene rings is 2. The molecule has 1 aromatic heterocycles. The highest BCUT2D eigenvalue weighted by Gasteiger charge is 2.12. The third-order valence-electron chi connectivity index (χ3n) is 2.94. The number of carbonyl (C=O) groups excluding carboxylic acids is 1. The molecular weight excluding hydrogens is 414 g/mol. The summed E-state index contributed by atoms with van der Waals surface area (Å²) in [5.41, 5.74) is 1.63. The minimum absolute atomic E-state index is 0.0944. The number of oxazole rings is 1. The van der Waals surface area contributed by atoms with E-state index in [9.17, 15) is 4.79 Å². The highest BCUT2D eigenvalue weighted by atomic mass is 35.5.